The van der Waals surface area contributed by atoms with Gasteiger partial charge in [-0.2, -0.15) is 0 Å². The van der Waals surface area contributed by atoms with E-state index in [4.69, 9.17) is 0 Å². The number of hydrogen-bond acceptors (Lipinski definition) is 5. The zero-order chi connectivity index (χ0) is 15.2. The number of carbonyl (C=O) groups is 1. The van der Waals surface area contributed by atoms with Crippen LogP contribution in [0.3, 0.4) is 0 Å². The van der Waals surface area contributed by atoms with Gasteiger partial charge < -0.3 is 15.1 Å². The summed E-state index contributed by atoms with van der Waals surface area (Å²) in [5.41, 5.74) is 1.08. The highest BCUT2D eigenvalue weighted by molar-refractivity contribution is 7.09. The molecule has 6 heteroatoms. The number of piperidine rings is 1. The predicted octanol–water partition coefficient (Wildman–Crippen LogP) is 1.21. The molecule has 2 rings (SSSR count). The van der Waals surface area contributed by atoms with E-state index in [1.807, 2.05) is 0 Å². The fourth-order valence-electron chi connectivity index (χ4n) is 2.64. The van der Waals surface area contributed by atoms with Gasteiger partial charge >= 0.3 is 0 Å². The van der Waals surface area contributed by atoms with Crippen molar-refractivity contribution in [2.24, 2.45) is 5.92 Å². The van der Waals surface area contributed by atoms with Gasteiger partial charge in [0.05, 0.1) is 12.1 Å². The molecule has 1 saturated heterocycles. The molecule has 1 fully saturated rings. The Bertz CT molecular complexity index is 454. The summed E-state index contributed by atoms with van der Waals surface area (Å²) in [6.45, 7) is 4.29. The Morgan fingerprint density at radius 2 is 2.10 bits per heavy atom. The molecule has 0 radical (unpaired) electrons. The number of nitrogens with zero attached hydrogens (tertiary/aromatic N) is 3. The summed E-state index contributed by atoms with van der Waals surface area (Å²) in [4.78, 5) is 20.2. The van der Waals surface area contributed by atoms with Crippen LogP contribution in [0.2, 0.25) is 0 Å². The van der Waals surface area contributed by atoms with E-state index in [-0.39, 0.29) is 5.91 Å². The van der Waals surface area contributed by atoms with E-state index in [0.717, 1.165) is 42.8 Å². The van der Waals surface area contributed by atoms with Crippen molar-refractivity contribution in [3.63, 3.8) is 0 Å². The van der Waals surface area contributed by atoms with Crippen molar-refractivity contribution in [2.45, 2.75) is 25.8 Å². The van der Waals surface area contributed by atoms with Crippen LogP contribution >= 0.6 is 11.3 Å². The minimum Gasteiger partial charge on any atom is -0.348 e. The van der Waals surface area contributed by atoms with Crippen LogP contribution in [-0.2, 0) is 17.8 Å². The van der Waals surface area contributed by atoms with Crippen LogP contribution in [0.5, 0.6) is 0 Å². The first-order valence-electron chi connectivity index (χ1n) is 7.57. The number of thiazole rings is 1. The van der Waals surface area contributed by atoms with Crippen molar-refractivity contribution in [3.05, 3.63) is 16.1 Å². The number of amides is 1. The third-order valence-electron chi connectivity index (χ3n) is 3.86. The monoisotopic (exact) mass is 310 g/mol. The molecule has 118 valence electrons. The molecule has 0 unspecified atom stereocenters. The van der Waals surface area contributed by atoms with Crippen LogP contribution in [-0.4, -0.2) is 61.5 Å². The minimum absolute atomic E-state index is 0.110. The molecule has 1 amide bonds. The molecule has 21 heavy (non-hydrogen) atoms. The smallest absolute Gasteiger partial charge is 0.228 e. The van der Waals surface area contributed by atoms with Gasteiger partial charge in [-0.3, -0.25) is 4.79 Å². The molecule has 1 aromatic rings. The standard InChI is InChI=1S/C15H26N4OS/c1-18(2)15(20)8-14-17-13(11-21-14)10-19(3)9-12-4-6-16-7-5-12/h11-12,16H,4-10H2,1-3H3. The molecule has 1 aliphatic rings. The summed E-state index contributed by atoms with van der Waals surface area (Å²) in [7, 11) is 5.72. The second-order valence-corrected chi connectivity index (χ2v) is 7.03. The molecule has 0 aliphatic carbocycles. The number of aromatic nitrogens is 1. The SMILES string of the molecule is CN(Cc1csc(CC(=O)N(C)C)n1)CC1CCNCC1. The largest absolute Gasteiger partial charge is 0.348 e. The molecule has 0 saturated carbocycles. The van der Waals surface area contributed by atoms with E-state index in [1.165, 1.54) is 12.8 Å². The van der Waals surface area contributed by atoms with E-state index in [2.05, 4.69) is 27.6 Å². The van der Waals surface area contributed by atoms with E-state index in [0.29, 0.717) is 6.42 Å². The summed E-state index contributed by atoms with van der Waals surface area (Å²) >= 11 is 1.59. The highest BCUT2D eigenvalue weighted by Gasteiger charge is 2.16. The van der Waals surface area contributed by atoms with Gasteiger partial charge in [0.1, 0.15) is 5.01 Å². The molecule has 1 N–H and O–H groups in total. The van der Waals surface area contributed by atoms with Crippen molar-refractivity contribution >= 4 is 17.2 Å². The fraction of sp³-hybridized carbons (Fsp3) is 0.733. The topological polar surface area (TPSA) is 48.5 Å². The van der Waals surface area contributed by atoms with E-state index in [9.17, 15) is 4.79 Å². The van der Waals surface area contributed by atoms with Crippen molar-refractivity contribution in [1.82, 2.24) is 20.1 Å². The van der Waals surface area contributed by atoms with Crippen LogP contribution in [0.1, 0.15) is 23.5 Å². The van der Waals surface area contributed by atoms with Crippen molar-refractivity contribution in [1.29, 1.82) is 0 Å². The first kappa shape index (κ1) is 16.4. The lowest BCUT2D eigenvalue weighted by Crippen LogP contribution is -2.34. The van der Waals surface area contributed by atoms with Crippen molar-refractivity contribution < 1.29 is 4.79 Å². The molecule has 5 nitrogen and oxygen atoms in total. The summed E-state index contributed by atoms with van der Waals surface area (Å²) in [6, 6.07) is 0. The van der Waals surface area contributed by atoms with E-state index >= 15 is 0 Å². The zero-order valence-corrected chi connectivity index (χ0v) is 14.1. The lowest BCUT2D eigenvalue weighted by molar-refractivity contribution is -0.127. The number of nitrogens with one attached hydrogen (secondary N) is 1. The number of rotatable bonds is 6. The fourth-order valence-corrected chi connectivity index (χ4v) is 3.41. The van der Waals surface area contributed by atoms with Gasteiger partial charge in [-0.25, -0.2) is 4.98 Å². The summed E-state index contributed by atoms with van der Waals surface area (Å²) in [5, 5.41) is 6.40. The molecule has 1 aliphatic heterocycles. The first-order chi connectivity index (χ1) is 10.0. The summed E-state index contributed by atoms with van der Waals surface area (Å²) in [5.74, 6) is 0.906. The maximum atomic E-state index is 11.7. The van der Waals surface area contributed by atoms with Gasteiger partial charge in [0.25, 0.3) is 0 Å². The van der Waals surface area contributed by atoms with Crippen LogP contribution in [0.4, 0.5) is 0 Å². The number of likely N-dealkylation sites (N-methyl/N-ethyl adjacent to an activating group) is 1. The second kappa shape index (κ2) is 7.87. The third kappa shape index (κ3) is 5.37. The molecule has 0 atom stereocenters. The van der Waals surface area contributed by atoms with Gasteiger partial charge in [-0.15, -0.1) is 11.3 Å². The lowest BCUT2D eigenvalue weighted by atomic mass is 9.98. The first-order valence-corrected chi connectivity index (χ1v) is 8.45. The quantitative estimate of drug-likeness (QED) is 0.858. The van der Waals surface area contributed by atoms with Crippen LogP contribution < -0.4 is 5.32 Å². The van der Waals surface area contributed by atoms with E-state index in [1.54, 1.807) is 30.3 Å². The minimum atomic E-state index is 0.110. The summed E-state index contributed by atoms with van der Waals surface area (Å²) < 4.78 is 0. The second-order valence-electron chi connectivity index (χ2n) is 6.09. The van der Waals surface area contributed by atoms with E-state index < -0.39 is 0 Å². The van der Waals surface area contributed by atoms with Gasteiger partial charge in [0.15, 0.2) is 0 Å². The Morgan fingerprint density at radius 3 is 2.76 bits per heavy atom. The highest BCUT2D eigenvalue weighted by atomic mass is 32.1. The Hall–Kier alpha value is -0.980. The van der Waals surface area contributed by atoms with Crippen molar-refractivity contribution in [3.8, 4) is 0 Å². The molecular weight excluding hydrogens is 284 g/mol. The Morgan fingerprint density at radius 1 is 1.38 bits per heavy atom. The predicted molar refractivity (Wildman–Crippen MR) is 86.4 cm³/mol. The summed E-state index contributed by atoms with van der Waals surface area (Å²) in [6.07, 6.45) is 2.95. The molecule has 0 bridgehead atoms. The molecule has 2 heterocycles. The Balaban J connectivity index is 1.79. The average molecular weight is 310 g/mol. The van der Waals surface area contributed by atoms with Crippen LogP contribution in [0, 0.1) is 5.92 Å². The number of hydrogen-bond donors (Lipinski definition) is 1. The van der Waals surface area contributed by atoms with Crippen LogP contribution in [0.25, 0.3) is 0 Å². The highest BCUT2D eigenvalue weighted by Crippen LogP contribution is 2.16. The third-order valence-corrected chi connectivity index (χ3v) is 4.76. The van der Waals surface area contributed by atoms with Gasteiger partial charge in [0, 0.05) is 32.6 Å². The molecule has 0 spiro atoms. The Labute approximate surface area is 131 Å². The molecular formula is C15H26N4OS. The average Bonchev–Trinajstić information content (AvgIpc) is 2.86. The van der Waals surface area contributed by atoms with Gasteiger partial charge in [0.2, 0.25) is 5.91 Å². The number of carbonyl (C=O) groups excluding carboxylic acids is 1. The maximum absolute atomic E-state index is 11.7. The van der Waals surface area contributed by atoms with Gasteiger partial charge in [-0.1, -0.05) is 0 Å². The van der Waals surface area contributed by atoms with Crippen LogP contribution in [0.15, 0.2) is 5.38 Å². The molecule has 0 aromatic carbocycles. The normalized spacial score (nSPS) is 16.4. The van der Waals surface area contributed by atoms with Crippen molar-refractivity contribution in [2.75, 3.05) is 40.8 Å². The maximum Gasteiger partial charge on any atom is 0.228 e. The Kier molecular flexibility index (Phi) is 6.14. The zero-order valence-electron chi connectivity index (χ0n) is 13.3. The lowest BCUT2D eigenvalue weighted by Gasteiger charge is -2.27. The van der Waals surface area contributed by atoms with Gasteiger partial charge in [-0.05, 0) is 38.9 Å². The molecule has 1 aromatic heterocycles.